The van der Waals surface area contributed by atoms with Gasteiger partial charge in [-0.2, -0.15) is 0 Å². The van der Waals surface area contributed by atoms with Gasteiger partial charge in [0.25, 0.3) is 5.91 Å². The highest BCUT2D eigenvalue weighted by atomic mass is 32.1. The molecule has 0 atom stereocenters. The maximum atomic E-state index is 12.6. The number of hydrogen-bond acceptors (Lipinski definition) is 5. The molecular weight excluding hydrogens is 430 g/mol. The first-order chi connectivity index (χ1) is 16.2. The largest absolute Gasteiger partial charge is 0.397 e. The molecule has 7 heteroatoms. The molecule has 0 bridgehead atoms. The Hall–Kier alpha value is -4.23. The number of nitrogens with one attached hydrogen (secondary N) is 1. The smallest absolute Gasteiger partial charge is 0.265 e. The summed E-state index contributed by atoms with van der Waals surface area (Å²) in [5, 5.41) is 11.4. The van der Waals surface area contributed by atoms with E-state index in [0.29, 0.717) is 22.8 Å². The predicted octanol–water partition coefficient (Wildman–Crippen LogP) is 5.56. The Morgan fingerprint density at radius 2 is 1.61 bits per heavy atom. The lowest BCUT2D eigenvalue weighted by Gasteiger charge is -2.06. The summed E-state index contributed by atoms with van der Waals surface area (Å²) < 4.78 is 1.80. The summed E-state index contributed by atoms with van der Waals surface area (Å²) in [5.41, 5.74) is 11.3. The van der Waals surface area contributed by atoms with Crippen LogP contribution in [0.15, 0.2) is 97.2 Å². The van der Waals surface area contributed by atoms with Crippen LogP contribution >= 0.6 is 11.3 Å². The third-order valence-electron chi connectivity index (χ3n) is 5.24. The minimum Gasteiger partial charge on any atom is -0.397 e. The fourth-order valence-electron chi connectivity index (χ4n) is 3.50. The van der Waals surface area contributed by atoms with Crippen LogP contribution in [0.3, 0.4) is 0 Å². The molecule has 2 heterocycles. The molecule has 0 saturated carbocycles. The number of aromatic nitrogens is 3. The number of benzene rings is 3. The van der Waals surface area contributed by atoms with E-state index < -0.39 is 0 Å². The Morgan fingerprint density at radius 3 is 2.39 bits per heavy atom. The van der Waals surface area contributed by atoms with Crippen molar-refractivity contribution in [1.82, 2.24) is 15.0 Å². The molecule has 33 heavy (non-hydrogen) atoms. The highest BCUT2D eigenvalue weighted by Crippen LogP contribution is 2.28. The van der Waals surface area contributed by atoms with Gasteiger partial charge in [0.05, 0.1) is 33.9 Å². The zero-order valence-electron chi connectivity index (χ0n) is 17.7. The highest BCUT2D eigenvalue weighted by molar-refractivity contribution is 7.17. The van der Waals surface area contributed by atoms with E-state index in [4.69, 9.17) is 5.73 Å². The van der Waals surface area contributed by atoms with Crippen LogP contribution in [0.4, 0.5) is 11.4 Å². The molecule has 162 valence electrons. The van der Waals surface area contributed by atoms with E-state index in [1.54, 1.807) is 22.9 Å². The quantitative estimate of drug-likeness (QED) is 0.331. The second kappa shape index (κ2) is 9.10. The first kappa shape index (κ1) is 20.7. The van der Waals surface area contributed by atoms with Crippen molar-refractivity contribution in [3.8, 4) is 21.7 Å². The summed E-state index contributed by atoms with van der Waals surface area (Å²) in [6.07, 6.45) is 1.90. The molecule has 3 N–H and O–H groups in total. The van der Waals surface area contributed by atoms with Gasteiger partial charge in [-0.05, 0) is 41.0 Å². The number of rotatable bonds is 6. The van der Waals surface area contributed by atoms with E-state index in [9.17, 15) is 4.79 Å². The number of thiophene rings is 1. The molecule has 5 aromatic rings. The zero-order valence-corrected chi connectivity index (χ0v) is 18.5. The number of hydrogen-bond donors (Lipinski definition) is 2. The lowest BCUT2D eigenvalue weighted by molar-refractivity contribution is 0.103. The van der Waals surface area contributed by atoms with Crippen LogP contribution in [0, 0.1) is 0 Å². The first-order valence-corrected chi connectivity index (χ1v) is 11.3. The van der Waals surface area contributed by atoms with Crippen molar-refractivity contribution < 1.29 is 4.79 Å². The SMILES string of the molecule is Nc1ccccc1NC(=O)c1ccc(-c2cn(Cc3ccc(-c4ccccc4)cc3)nn2)s1. The van der Waals surface area contributed by atoms with E-state index >= 15 is 0 Å². The minimum absolute atomic E-state index is 0.199. The lowest BCUT2D eigenvalue weighted by Crippen LogP contribution is -2.11. The molecule has 0 spiro atoms. The Morgan fingerprint density at radius 1 is 0.879 bits per heavy atom. The normalized spacial score (nSPS) is 10.8. The average molecular weight is 452 g/mol. The molecule has 3 aromatic carbocycles. The van der Waals surface area contributed by atoms with Crippen molar-refractivity contribution in [2.75, 3.05) is 11.1 Å². The van der Waals surface area contributed by atoms with Gasteiger partial charge in [0.15, 0.2) is 0 Å². The van der Waals surface area contributed by atoms with Gasteiger partial charge in [-0.25, -0.2) is 4.68 Å². The average Bonchev–Trinajstić information content (AvgIpc) is 3.52. The summed E-state index contributed by atoms with van der Waals surface area (Å²) in [7, 11) is 0. The van der Waals surface area contributed by atoms with E-state index in [2.05, 4.69) is 52.0 Å². The maximum absolute atomic E-state index is 12.6. The second-order valence-corrected chi connectivity index (χ2v) is 8.65. The van der Waals surface area contributed by atoms with E-state index in [-0.39, 0.29) is 5.91 Å². The number of nitrogens with two attached hydrogens (primary N) is 1. The summed E-state index contributed by atoms with van der Waals surface area (Å²) in [4.78, 5) is 14.1. The standard InChI is InChI=1S/C26H21N5OS/c27-21-8-4-5-9-22(21)28-26(32)25-15-14-24(33-25)23-17-31(30-29-23)16-18-10-12-20(13-11-18)19-6-2-1-3-7-19/h1-15,17H,16,27H2,(H,28,32). The first-order valence-electron chi connectivity index (χ1n) is 10.5. The monoisotopic (exact) mass is 451 g/mol. The Balaban J connectivity index is 1.26. The Bertz CT molecular complexity index is 1390. The Kier molecular flexibility index (Phi) is 5.70. The molecule has 0 fully saturated rings. The summed E-state index contributed by atoms with van der Waals surface area (Å²) in [5.74, 6) is -0.199. The summed E-state index contributed by atoms with van der Waals surface area (Å²) >= 11 is 1.37. The second-order valence-electron chi connectivity index (χ2n) is 7.57. The van der Waals surface area contributed by atoms with Crippen LogP contribution in [0.1, 0.15) is 15.2 Å². The van der Waals surface area contributed by atoms with Crippen LogP contribution in [-0.4, -0.2) is 20.9 Å². The van der Waals surface area contributed by atoms with Crippen LogP contribution in [0.5, 0.6) is 0 Å². The molecular formula is C26H21N5OS. The third-order valence-corrected chi connectivity index (χ3v) is 6.34. The van der Waals surface area contributed by atoms with E-state index in [1.165, 1.54) is 22.5 Å². The van der Waals surface area contributed by atoms with Crippen LogP contribution in [0.2, 0.25) is 0 Å². The number of nitrogen functional groups attached to an aromatic ring is 1. The molecule has 0 unspecified atom stereocenters. The predicted molar refractivity (Wildman–Crippen MR) is 133 cm³/mol. The number of nitrogens with zero attached hydrogens (tertiary/aromatic N) is 3. The molecule has 0 aliphatic heterocycles. The summed E-state index contributed by atoms with van der Waals surface area (Å²) in [6, 6.07) is 29.6. The highest BCUT2D eigenvalue weighted by Gasteiger charge is 2.14. The molecule has 0 aliphatic carbocycles. The maximum Gasteiger partial charge on any atom is 0.265 e. The number of amides is 1. The minimum atomic E-state index is -0.199. The van der Waals surface area contributed by atoms with Crippen molar-refractivity contribution >= 4 is 28.6 Å². The van der Waals surface area contributed by atoms with E-state index in [0.717, 1.165) is 16.1 Å². The number of para-hydroxylation sites is 2. The molecule has 5 rings (SSSR count). The van der Waals surface area contributed by atoms with Crippen molar-refractivity contribution in [3.05, 3.63) is 108 Å². The topological polar surface area (TPSA) is 85.8 Å². The lowest BCUT2D eigenvalue weighted by atomic mass is 10.0. The van der Waals surface area contributed by atoms with Crippen molar-refractivity contribution in [2.24, 2.45) is 0 Å². The van der Waals surface area contributed by atoms with E-state index in [1.807, 2.05) is 42.6 Å². The van der Waals surface area contributed by atoms with Gasteiger partial charge < -0.3 is 11.1 Å². The molecule has 0 aliphatic rings. The van der Waals surface area contributed by atoms with Crippen LogP contribution in [0.25, 0.3) is 21.7 Å². The summed E-state index contributed by atoms with van der Waals surface area (Å²) in [6.45, 7) is 0.619. The fraction of sp³-hybridized carbons (Fsp3) is 0.0385. The van der Waals surface area contributed by atoms with Crippen LogP contribution in [-0.2, 0) is 6.54 Å². The Labute approximate surface area is 195 Å². The molecule has 0 saturated heterocycles. The number of carbonyl (C=O) groups excluding carboxylic acids is 1. The van der Waals surface area contributed by atoms with Gasteiger partial charge in [-0.15, -0.1) is 16.4 Å². The van der Waals surface area contributed by atoms with Gasteiger partial charge >= 0.3 is 0 Å². The number of carbonyl (C=O) groups is 1. The van der Waals surface area contributed by atoms with Gasteiger partial charge in [0, 0.05) is 0 Å². The molecule has 0 radical (unpaired) electrons. The molecule has 2 aromatic heterocycles. The number of anilines is 2. The zero-order chi connectivity index (χ0) is 22.6. The van der Waals surface area contributed by atoms with Crippen LogP contribution < -0.4 is 11.1 Å². The molecule has 1 amide bonds. The fourth-order valence-corrected chi connectivity index (χ4v) is 4.35. The van der Waals surface area contributed by atoms with Gasteiger partial charge in [0.1, 0.15) is 5.69 Å². The van der Waals surface area contributed by atoms with Gasteiger partial charge in [-0.1, -0.05) is 71.9 Å². The van der Waals surface area contributed by atoms with Crippen molar-refractivity contribution in [3.63, 3.8) is 0 Å². The third kappa shape index (κ3) is 4.68. The molecule has 6 nitrogen and oxygen atoms in total. The van der Waals surface area contributed by atoms with Gasteiger partial charge in [0.2, 0.25) is 0 Å². The van der Waals surface area contributed by atoms with Crippen molar-refractivity contribution in [1.29, 1.82) is 0 Å². The van der Waals surface area contributed by atoms with Gasteiger partial charge in [-0.3, -0.25) is 4.79 Å². The van der Waals surface area contributed by atoms with Crippen molar-refractivity contribution in [2.45, 2.75) is 6.54 Å².